The van der Waals surface area contributed by atoms with Crippen LogP contribution in [0.15, 0.2) is 0 Å². The van der Waals surface area contributed by atoms with E-state index in [1.54, 1.807) is 0 Å². The molecule has 14 heavy (non-hydrogen) atoms. The zero-order chi connectivity index (χ0) is 9.97. The van der Waals surface area contributed by atoms with Crippen LogP contribution in [0.3, 0.4) is 0 Å². The first kappa shape index (κ1) is 9.21. The Hall–Kier alpha value is -0.0400. The van der Waals surface area contributed by atoms with E-state index in [9.17, 15) is 5.11 Å². The Bertz CT molecular complexity index is 246. The van der Waals surface area contributed by atoms with E-state index in [4.69, 9.17) is 0 Å². The van der Waals surface area contributed by atoms with Gasteiger partial charge in [-0.2, -0.15) is 0 Å². The van der Waals surface area contributed by atoms with Crippen LogP contribution in [-0.4, -0.2) is 10.7 Å². The Labute approximate surface area is 86.9 Å². The second-order valence-corrected chi connectivity index (χ2v) is 6.46. The first-order valence-corrected chi connectivity index (χ1v) is 6.29. The maximum Gasteiger partial charge on any atom is 0.0744 e. The molecular formula is C13H22O. The highest BCUT2D eigenvalue weighted by molar-refractivity contribution is 5.20. The second-order valence-electron chi connectivity index (χ2n) is 6.46. The van der Waals surface area contributed by atoms with Gasteiger partial charge in [0.15, 0.2) is 0 Å². The maximum atomic E-state index is 10.7. The predicted molar refractivity (Wildman–Crippen MR) is 56.9 cm³/mol. The zero-order valence-corrected chi connectivity index (χ0v) is 9.42. The normalized spacial score (nSPS) is 54.6. The Kier molecular flexibility index (Phi) is 1.68. The summed E-state index contributed by atoms with van der Waals surface area (Å²) >= 11 is 0. The summed E-state index contributed by atoms with van der Waals surface area (Å²) in [6.45, 7) is 4.72. The molecule has 1 N–H and O–H groups in total. The van der Waals surface area contributed by atoms with Crippen LogP contribution in [0.2, 0.25) is 0 Å². The maximum absolute atomic E-state index is 10.7. The van der Waals surface area contributed by atoms with Gasteiger partial charge < -0.3 is 5.11 Å². The third-order valence-electron chi connectivity index (χ3n) is 5.41. The minimum atomic E-state index is -0.224. The van der Waals surface area contributed by atoms with Gasteiger partial charge in [0.05, 0.1) is 5.60 Å². The van der Waals surface area contributed by atoms with E-state index >= 15 is 0 Å². The number of rotatable bonds is 1. The molecule has 3 rings (SSSR count). The van der Waals surface area contributed by atoms with Crippen molar-refractivity contribution in [2.24, 2.45) is 23.2 Å². The van der Waals surface area contributed by atoms with Crippen LogP contribution in [0.4, 0.5) is 0 Å². The summed E-state index contributed by atoms with van der Waals surface area (Å²) in [4.78, 5) is 0. The van der Waals surface area contributed by atoms with E-state index in [-0.39, 0.29) is 5.60 Å². The Balaban J connectivity index is 1.83. The minimum absolute atomic E-state index is 0.224. The molecule has 0 spiro atoms. The molecule has 1 heteroatoms. The highest BCUT2D eigenvalue weighted by Gasteiger charge is 2.70. The summed E-state index contributed by atoms with van der Waals surface area (Å²) < 4.78 is 0. The van der Waals surface area contributed by atoms with Gasteiger partial charge in [-0.05, 0) is 48.9 Å². The first-order chi connectivity index (χ1) is 6.57. The fourth-order valence-corrected chi connectivity index (χ4v) is 4.67. The molecule has 0 aromatic heterocycles. The molecule has 0 radical (unpaired) electrons. The summed E-state index contributed by atoms with van der Waals surface area (Å²) in [6.07, 6.45) is 7.89. The van der Waals surface area contributed by atoms with Gasteiger partial charge in [-0.15, -0.1) is 0 Å². The number of hydrogen-bond acceptors (Lipinski definition) is 1. The lowest BCUT2D eigenvalue weighted by molar-refractivity contribution is 0.0000630. The lowest BCUT2D eigenvalue weighted by atomic mass is 9.75. The average molecular weight is 194 g/mol. The molecule has 3 saturated carbocycles. The molecule has 0 aromatic rings. The van der Waals surface area contributed by atoms with Crippen LogP contribution < -0.4 is 0 Å². The molecule has 80 valence electrons. The van der Waals surface area contributed by atoms with E-state index in [0.717, 1.165) is 0 Å². The van der Waals surface area contributed by atoms with Crippen molar-refractivity contribution >= 4 is 0 Å². The summed E-state index contributed by atoms with van der Waals surface area (Å²) in [5, 5.41) is 10.7. The van der Waals surface area contributed by atoms with Crippen LogP contribution >= 0.6 is 0 Å². The monoisotopic (exact) mass is 194 g/mol. The Morgan fingerprint density at radius 3 is 2.14 bits per heavy atom. The lowest BCUT2D eigenvalue weighted by Gasteiger charge is -2.33. The largest absolute Gasteiger partial charge is 0.389 e. The molecule has 0 aromatic carbocycles. The van der Waals surface area contributed by atoms with Crippen molar-refractivity contribution < 1.29 is 5.11 Å². The van der Waals surface area contributed by atoms with Gasteiger partial charge in [0.1, 0.15) is 0 Å². The molecule has 3 aliphatic carbocycles. The Morgan fingerprint density at radius 1 is 1.00 bits per heavy atom. The van der Waals surface area contributed by atoms with Gasteiger partial charge in [0.2, 0.25) is 0 Å². The molecule has 3 unspecified atom stereocenters. The minimum Gasteiger partial charge on any atom is -0.389 e. The predicted octanol–water partition coefficient (Wildman–Crippen LogP) is 2.97. The van der Waals surface area contributed by atoms with E-state index in [0.29, 0.717) is 23.2 Å². The smallest absolute Gasteiger partial charge is 0.0744 e. The molecule has 1 nitrogen and oxygen atoms in total. The van der Waals surface area contributed by atoms with Crippen LogP contribution in [-0.2, 0) is 0 Å². The van der Waals surface area contributed by atoms with Crippen LogP contribution in [0.1, 0.15) is 52.4 Å². The van der Waals surface area contributed by atoms with Gasteiger partial charge in [-0.1, -0.05) is 26.7 Å². The topological polar surface area (TPSA) is 20.2 Å². The van der Waals surface area contributed by atoms with Crippen LogP contribution in [0, 0.1) is 23.2 Å². The molecule has 0 amide bonds. The van der Waals surface area contributed by atoms with Gasteiger partial charge in [0, 0.05) is 0 Å². The first-order valence-electron chi connectivity index (χ1n) is 6.29. The highest BCUT2D eigenvalue weighted by atomic mass is 16.3. The number of aliphatic hydroxyl groups is 1. The van der Waals surface area contributed by atoms with Crippen molar-refractivity contribution in [1.29, 1.82) is 0 Å². The fraction of sp³-hybridized carbons (Fsp3) is 1.00. The molecule has 3 aliphatic rings. The van der Waals surface area contributed by atoms with Crippen molar-refractivity contribution in [3.05, 3.63) is 0 Å². The summed E-state index contributed by atoms with van der Waals surface area (Å²) in [5.41, 5.74) is 0.178. The van der Waals surface area contributed by atoms with Crippen molar-refractivity contribution in [2.45, 2.75) is 58.0 Å². The van der Waals surface area contributed by atoms with Crippen LogP contribution in [0.5, 0.6) is 0 Å². The number of hydrogen-bond donors (Lipinski definition) is 1. The van der Waals surface area contributed by atoms with E-state index in [1.807, 2.05) is 0 Å². The lowest BCUT2D eigenvalue weighted by Crippen LogP contribution is -2.35. The van der Waals surface area contributed by atoms with Gasteiger partial charge in [0.25, 0.3) is 0 Å². The highest BCUT2D eigenvalue weighted by Crippen LogP contribution is 2.69. The standard InChI is InChI=1S/C13H22O/c1-12(2)8-4-7-11(12)13(14)9-5-3-6-10(9)13/h9-11,14H,3-8H2,1-2H3. The number of fused-ring (bicyclic) bond motifs is 1. The SMILES string of the molecule is CC1(C)CCCC1C1(O)C2CCCC21. The summed E-state index contributed by atoms with van der Waals surface area (Å²) in [5.74, 6) is 1.97. The fourth-order valence-electron chi connectivity index (χ4n) is 4.67. The molecule has 3 atom stereocenters. The molecule has 0 aliphatic heterocycles. The third-order valence-corrected chi connectivity index (χ3v) is 5.41. The molecule has 3 fully saturated rings. The molecule has 0 bridgehead atoms. The molecule has 0 heterocycles. The molecule has 0 saturated heterocycles. The van der Waals surface area contributed by atoms with Crippen molar-refractivity contribution in [3.8, 4) is 0 Å². The zero-order valence-electron chi connectivity index (χ0n) is 9.42. The van der Waals surface area contributed by atoms with E-state index < -0.39 is 0 Å². The Morgan fingerprint density at radius 2 is 1.64 bits per heavy atom. The quantitative estimate of drug-likeness (QED) is 0.680. The van der Waals surface area contributed by atoms with Gasteiger partial charge in [-0.3, -0.25) is 0 Å². The van der Waals surface area contributed by atoms with Crippen LogP contribution in [0.25, 0.3) is 0 Å². The summed E-state index contributed by atoms with van der Waals surface area (Å²) in [7, 11) is 0. The van der Waals surface area contributed by atoms with Crippen molar-refractivity contribution in [1.82, 2.24) is 0 Å². The van der Waals surface area contributed by atoms with Crippen molar-refractivity contribution in [3.63, 3.8) is 0 Å². The summed E-state index contributed by atoms with van der Waals surface area (Å²) in [6, 6.07) is 0. The van der Waals surface area contributed by atoms with Gasteiger partial charge >= 0.3 is 0 Å². The van der Waals surface area contributed by atoms with Gasteiger partial charge in [-0.25, -0.2) is 0 Å². The second kappa shape index (κ2) is 2.55. The van der Waals surface area contributed by atoms with E-state index in [1.165, 1.54) is 38.5 Å². The van der Waals surface area contributed by atoms with E-state index in [2.05, 4.69) is 13.8 Å². The average Bonchev–Trinajstić information content (AvgIpc) is 2.60. The third kappa shape index (κ3) is 0.946. The molecular weight excluding hydrogens is 172 g/mol. The van der Waals surface area contributed by atoms with Crippen molar-refractivity contribution in [2.75, 3.05) is 0 Å².